The molecule has 0 radical (unpaired) electrons. The molecule has 318 valence electrons. The number of hydrogen-bond acceptors (Lipinski definition) is 12. The van der Waals surface area contributed by atoms with Crippen LogP contribution in [0.15, 0.2) is 70.1 Å². The Morgan fingerprint density at radius 1 is 0.847 bits per heavy atom. The van der Waals surface area contributed by atoms with Crippen LogP contribution in [0.4, 0.5) is 41.6 Å². The number of fused-ring (bicyclic) bond motifs is 1. The zero-order chi connectivity index (χ0) is 43.9. The van der Waals surface area contributed by atoms with Crippen molar-refractivity contribution in [1.82, 2.24) is 25.8 Å². The average Bonchev–Trinajstić information content (AvgIpc) is 3.56. The summed E-state index contributed by atoms with van der Waals surface area (Å²) in [7, 11) is -4.40. The molecule has 3 heterocycles. The highest BCUT2D eigenvalue weighted by atomic mass is 32.2. The number of rotatable bonds is 8. The largest absolute Gasteiger partial charge is 0.573 e. The Bertz CT molecular complexity index is 2320. The molecule has 2 aromatic carbocycles. The monoisotopic (exact) mass is 856 g/mol. The lowest BCUT2D eigenvalue weighted by molar-refractivity contribution is -0.274. The number of alkyl halides is 6. The summed E-state index contributed by atoms with van der Waals surface area (Å²) in [5, 5.41) is 11.3. The van der Waals surface area contributed by atoms with E-state index in [1.165, 1.54) is 51.1 Å². The second-order valence-electron chi connectivity index (χ2n) is 15.4. The molecular weight excluding hydrogens is 818 g/mol. The van der Waals surface area contributed by atoms with Crippen LogP contribution >= 0.6 is 0 Å². The Morgan fingerprint density at radius 2 is 1.46 bits per heavy atom. The van der Waals surface area contributed by atoms with Crippen molar-refractivity contribution in [1.29, 1.82) is 0 Å². The van der Waals surface area contributed by atoms with Gasteiger partial charge in [0.15, 0.2) is 9.84 Å². The predicted molar refractivity (Wildman–Crippen MR) is 195 cm³/mol. The van der Waals surface area contributed by atoms with Crippen LogP contribution in [0.3, 0.4) is 0 Å². The minimum atomic E-state index is -5.19. The van der Waals surface area contributed by atoms with E-state index in [1.807, 2.05) is 0 Å². The first-order valence-electron chi connectivity index (χ1n) is 17.4. The number of benzene rings is 2. The zero-order valence-corrected chi connectivity index (χ0v) is 33.2. The lowest BCUT2D eigenvalue weighted by atomic mass is 10.0. The number of sulfone groups is 1. The van der Waals surface area contributed by atoms with Crippen LogP contribution in [0.25, 0.3) is 22.7 Å². The Balaban J connectivity index is 1.54. The molecule has 2 aromatic heterocycles. The van der Waals surface area contributed by atoms with Crippen LogP contribution < -0.4 is 20.3 Å². The number of ether oxygens (including phenoxy) is 3. The quantitative estimate of drug-likeness (QED) is 0.170. The second kappa shape index (κ2) is 15.7. The van der Waals surface area contributed by atoms with Gasteiger partial charge < -0.3 is 28.8 Å². The molecule has 0 fully saturated rings. The Hall–Kier alpha value is -5.93. The van der Waals surface area contributed by atoms with Crippen molar-refractivity contribution in [2.24, 2.45) is 0 Å². The predicted octanol–water partition coefficient (Wildman–Crippen LogP) is 7.21. The Morgan fingerprint density at radius 3 is 2.02 bits per heavy atom. The van der Waals surface area contributed by atoms with E-state index in [0.717, 1.165) is 35.4 Å². The highest BCUT2D eigenvalue weighted by Crippen LogP contribution is 2.41. The molecule has 5 rings (SSSR count). The van der Waals surface area contributed by atoms with Crippen molar-refractivity contribution >= 4 is 33.6 Å². The van der Waals surface area contributed by atoms with Gasteiger partial charge in [0.1, 0.15) is 23.0 Å². The minimum Gasteiger partial charge on any atom is -0.444 e. The lowest BCUT2D eigenvalue weighted by Gasteiger charge is -2.30. The third-order valence-corrected chi connectivity index (χ3v) is 9.99. The molecular formula is C37H38F6N6O9S. The third kappa shape index (κ3) is 10.8. The van der Waals surface area contributed by atoms with Crippen LogP contribution in [-0.2, 0) is 36.2 Å². The smallest absolute Gasteiger partial charge is 0.444 e. The standard InChI is InChI=1S/C37H38F6N6O9S/c1-33(2,3)57-31(51)45-25-19-59(53,54)27-15-12-22(28-47-48-30(55-28)35(7,36(38,39)40)46-32(52)58-34(4,5)6)16-26(27)49(29(25)50)18-20-8-10-21(11-9-20)24-14-13-23(17-44-24)56-37(41,42)43/h8-17,25H,18-19H2,1-7H3,(H,45,51)(H,46,52)/t25-,35+/m0/s1. The first-order valence-corrected chi connectivity index (χ1v) is 19.1. The van der Waals surface area contributed by atoms with Gasteiger partial charge in [0.2, 0.25) is 11.4 Å². The third-order valence-electron chi connectivity index (χ3n) is 8.20. The van der Waals surface area contributed by atoms with Crippen LogP contribution in [0, 0.1) is 0 Å². The fourth-order valence-corrected chi connectivity index (χ4v) is 7.14. The molecule has 3 amide bonds. The fourth-order valence-electron chi connectivity index (χ4n) is 5.53. The van der Waals surface area contributed by atoms with E-state index in [9.17, 15) is 49.1 Å². The van der Waals surface area contributed by atoms with Crippen molar-refractivity contribution in [3.63, 3.8) is 0 Å². The number of aromatic nitrogens is 3. The van der Waals surface area contributed by atoms with Crippen molar-refractivity contribution in [2.75, 3.05) is 10.7 Å². The summed E-state index contributed by atoms with van der Waals surface area (Å²) in [4.78, 5) is 44.2. The van der Waals surface area contributed by atoms with E-state index in [4.69, 9.17) is 13.9 Å². The van der Waals surface area contributed by atoms with E-state index in [0.29, 0.717) is 18.1 Å². The number of nitrogens with zero attached hydrogens (tertiary/aromatic N) is 4. The summed E-state index contributed by atoms with van der Waals surface area (Å²) in [5.74, 6) is -4.01. The lowest BCUT2D eigenvalue weighted by Crippen LogP contribution is -2.55. The van der Waals surface area contributed by atoms with Gasteiger partial charge >= 0.3 is 24.7 Å². The summed E-state index contributed by atoms with van der Waals surface area (Å²) in [6.45, 7) is 9.23. The summed E-state index contributed by atoms with van der Waals surface area (Å²) < 4.78 is 128. The van der Waals surface area contributed by atoms with E-state index in [1.54, 1.807) is 26.1 Å². The van der Waals surface area contributed by atoms with Gasteiger partial charge in [-0.25, -0.2) is 18.0 Å². The van der Waals surface area contributed by atoms with E-state index in [2.05, 4.69) is 25.2 Å². The number of halogens is 6. The first-order chi connectivity index (χ1) is 27.0. The summed E-state index contributed by atoms with van der Waals surface area (Å²) >= 11 is 0. The van der Waals surface area contributed by atoms with Crippen LogP contribution in [0.5, 0.6) is 5.75 Å². The summed E-state index contributed by atoms with van der Waals surface area (Å²) in [6.07, 6.45) is -11.8. The molecule has 2 atom stereocenters. The number of pyridine rings is 1. The van der Waals surface area contributed by atoms with Gasteiger partial charge in [-0.1, -0.05) is 24.3 Å². The summed E-state index contributed by atoms with van der Waals surface area (Å²) in [5.41, 5.74) is -4.73. The molecule has 1 aliphatic heterocycles. The number of alkyl carbamates (subject to hydrolysis) is 2. The van der Waals surface area contributed by atoms with Crippen molar-refractivity contribution in [3.05, 3.63) is 72.2 Å². The maximum Gasteiger partial charge on any atom is 0.573 e. The van der Waals surface area contributed by atoms with Gasteiger partial charge in [-0.3, -0.25) is 15.1 Å². The fraction of sp³-hybridized carbons (Fsp3) is 0.405. The average molecular weight is 857 g/mol. The number of carbonyl (C=O) groups is 3. The molecule has 0 bridgehead atoms. The molecule has 22 heteroatoms. The number of nitrogens with one attached hydrogen (secondary N) is 2. The normalized spacial score (nSPS) is 16.9. The minimum absolute atomic E-state index is 0.129. The SMILES string of the molecule is CC(C)(C)OC(=O)N[C@H]1CS(=O)(=O)c2ccc(-c3nnc([C@@](C)(NC(=O)OC(C)(C)C)C(F)(F)F)o3)cc2N(Cc2ccc(-c3ccc(OC(F)(F)F)cn3)cc2)C1=O. The maximum absolute atomic E-state index is 14.5. The van der Waals surface area contributed by atoms with E-state index in [-0.39, 0.29) is 23.5 Å². The molecule has 0 unspecified atom stereocenters. The van der Waals surface area contributed by atoms with Gasteiger partial charge in [0.05, 0.1) is 34.8 Å². The molecule has 4 aromatic rings. The highest BCUT2D eigenvalue weighted by molar-refractivity contribution is 7.91. The van der Waals surface area contributed by atoms with Gasteiger partial charge in [-0.05, 0) is 84.4 Å². The van der Waals surface area contributed by atoms with Gasteiger partial charge in [-0.2, -0.15) is 13.2 Å². The number of carbonyl (C=O) groups excluding carboxylic acids is 3. The maximum atomic E-state index is 14.5. The first kappa shape index (κ1) is 44.2. The van der Waals surface area contributed by atoms with Crippen molar-refractivity contribution in [2.45, 2.75) is 95.2 Å². The van der Waals surface area contributed by atoms with Crippen molar-refractivity contribution in [3.8, 4) is 28.5 Å². The van der Waals surface area contributed by atoms with Crippen LogP contribution in [-0.4, -0.2) is 77.2 Å². The Labute approximate surface area is 333 Å². The van der Waals surface area contributed by atoms with Gasteiger partial charge in [0, 0.05) is 11.1 Å². The molecule has 0 saturated carbocycles. The second-order valence-corrected chi connectivity index (χ2v) is 17.4. The van der Waals surface area contributed by atoms with E-state index < -0.39 is 91.4 Å². The van der Waals surface area contributed by atoms with Gasteiger partial charge in [-0.15, -0.1) is 23.4 Å². The number of amides is 3. The topological polar surface area (TPSA) is 192 Å². The van der Waals surface area contributed by atoms with Crippen molar-refractivity contribution < 1.29 is 67.8 Å². The van der Waals surface area contributed by atoms with Crippen LogP contribution in [0.1, 0.15) is 59.9 Å². The van der Waals surface area contributed by atoms with Crippen LogP contribution in [0.2, 0.25) is 0 Å². The highest BCUT2D eigenvalue weighted by Gasteiger charge is 2.58. The molecule has 0 spiro atoms. The molecule has 15 nitrogen and oxygen atoms in total. The van der Waals surface area contributed by atoms with Gasteiger partial charge in [0.25, 0.3) is 11.8 Å². The molecule has 59 heavy (non-hydrogen) atoms. The van der Waals surface area contributed by atoms with E-state index >= 15 is 0 Å². The molecule has 0 saturated heterocycles. The zero-order valence-electron chi connectivity index (χ0n) is 32.4. The summed E-state index contributed by atoms with van der Waals surface area (Å²) in [6, 6.07) is 10.2. The number of hydrogen-bond donors (Lipinski definition) is 2. The Kier molecular flexibility index (Phi) is 11.7. The molecule has 2 N–H and O–H groups in total. The molecule has 1 aliphatic rings. The number of anilines is 1. The molecule has 0 aliphatic carbocycles.